The first-order valence-electron chi connectivity index (χ1n) is 3.14. The lowest BCUT2D eigenvalue weighted by atomic mass is 10.2. The lowest BCUT2D eigenvalue weighted by Gasteiger charge is -1.98. The molecule has 0 nitrogen and oxygen atoms in total. The Hall–Kier alpha value is -0.260. The van der Waals surface area contributed by atoms with Gasteiger partial charge in [0.1, 0.15) is 0 Å². The quantitative estimate of drug-likeness (QED) is 0.580. The van der Waals surface area contributed by atoms with E-state index in [2.05, 4.69) is 32.0 Å². The van der Waals surface area contributed by atoms with E-state index in [9.17, 15) is 0 Å². The van der Waals surface area contributed by atoms with Crippen molar-refractivity contribution in [3.05, 3.63) is 29.3 Å². The van der Waals surface area contributed by atoms with Crippen LogP contribution in [0.1, 0.15) is 11.1 Å². The van der Waals surface area contributed by atoms with Crippen molar-refractivity contribution in [2.75, 3.05) is 0 Å². The fourth-order valence-electron chi connectivity index (χ4n) is 0.818. The van der Waals surface area contributed by atoms with Crippen LogP contribution in [0.3, 0.4) is 0 Å². The Bertz CT molecular complexity index is 255. The molecule has 0 aliphatic rings. The number of hydrogen-bond donors (Lipinski definition) is 0. The van der Waals surface area contributed by atoms with Crippen LogP contribution in [0.25, 0.3) is 0 Å². The van der Waals surface area contributed by atoms with Crippen LogP contribution in [0.15, 0.2) is 18.2 Å². The molecule has 0 aromatic heterocycles. The zero-order valence-electron chi connectivity index (χ0n) is 6.09. The summed E-state index contributed by atoms with van der Waals surface area (Å²) in [6.07, 6.45) is 0. The molecule has 1 aromatic rings. The second kappa shape index (κ2) is 3.23. The van der Waals surface area contributed by atoms with Crippen molar-refractivity contribution in [2.24, 2.45) is 0 Å². The minimum atomic E-state index is 0.951. The molecule has 0 saturated heterocycles. The molecule has 1 rings (SSSR count). The van der Waals surface area contributed by atoms with Gasteiger partial charge in [0.05, 0.1) is 0 Å². The van der Waals surface area contributed by atoms with E-state index >= 15 is 0 Å². The molecule has 52 valence electrons. The van der Waals surface area contributed by atoms with Gasteiger partial charge in [-0.15, -0.1) is 0 Å². The molecule has 0 aliphatic carbocycles. The minimum absolute atomic E-state index is 0.951. The van der Waals surface area contributed by atoms with E-state index in [1.165, 1.54) is 16.4 Å². The number of rotatable bonds is 1. The lowest BCUT2D eigenvalue weighted by molar-refractivity contribution is 1.43. The molecule has 1 aromatic carbocycles. The van der Waals surface area contributed by atoms with Crippen LogP contribution in [-0.2, 0) is 11.8 Å². The van der Waals surface area contributed by atoms with Crippen LogP contribution in [0.4, 0.5) is 0 Å². The van der Waals surface area contributed by atoms with Gasteiger partial charge in [-0.1, -0.05) is 29.5 Å². The molecule has 0 atom stereocenters. The second-order valence-electron chi connectivity index (χ2n) is 2.38. The van der Waals surface area contributed by atoms with Crippen molar-refractivity contribution in [2.45, 2.75) is 13.8 Å². The normalized spacial score (nSPS) is 10.2. The van der Waals surface area contributed by atoms with Gasteiger partial charge in [0.15, 0.2) is 0 Å². The Balaban J connectivity index is 3.21. The molecule has 0 fully saturated rings. The van der Waals surface area contributed by atoms with Gasteiger partial charge in [-0.2, -0.15) is 0 Å². The highest BCUT2D eigenvalue weighted by molar-refractivity contribution is 7.99. The van der Waals surface area contributed by atoms with Crippen molar-refractivity contribution in [1.82, 2.24) is 0 Å². The summed E-state index contributed by atoms with van der Waals surface area (Å²) in [4.78, 5) is 0. The van der Waals surface area contributed by atoms with E-state index < -0.39 is 0 Å². The van der Waals surface area contributed by atoms with Gasteiger partial charge in [0.2, 0.25) is 0 Å². The summed E-state index contributed by atoms with van der Waals surface area (Å²) in [7, 11) is 0.951. The maximum absolute atomic E-state index is 4.94. The maximum atomic E-state index is 4.94. The fraction of sp³-hybridized carbons (Fsp3) is 0.250. The van der Waals surface area contributed by atoms with Gasteiger partial charge in [-0.05, 0) is 25.5 Å². The van der Waals surface area contributed by atoms with Crippen molar-refractivity contribution in [3.8, 4) is 0 Å². The van der Waals surface area contributed by atoms with E-state index in [1.54, 1.807) is 0 Å². The molecule has 2 heteroatoms. The van der Waals surface area contributed by atoms with Crippen LogP contribution in [0.5, 0.6) is 0 Å². The predicted molar refractivity (Wildman–Crippen MR) is 49.8 cm³/mol. The Morgan fingerprint density at radius 3 is 2.50 bits per heavy atom. The summed E-state index contributed by atoms with van der Waals surface area (Å²) in [5.41, 5.74) is 2.58. The zero-order chi connectivity index (χ0) is 7.56. The summed E-state index contributed by atoms with van der Waals surface area (Å²) >= 11 is 4.94. The van der Waals surface area contributed by atoms with Gasteiger partial charge >= 0.3 is 0 Å². The van der Waals surface area contributed by atoms with E-state index in [0.717, 1.165) is 7.36 Å². The lowest BCUT2D eigenvalue weighted by Crippen LogP contribution is -1.96. The van der Waals surface area contributed by atoms with Crippen molar-refractivity contribution in [3.63, 3.8) is 0 Å². The van der Waals surface area contributed by atoms with Gasteiger partial charge < -0.3 is 0 Å². The summed E-state index contributed by atoms with van der Waals surface area (Å²) in [5, 5.41) is 1.26. The first kappa shape index (κ1) is 7.84. The number of aryl methyl sites for hydroxylation is 2. The molecule has 0 saturated carbocycles. The van der Waals surface area contributed by atoms with E-state index in [1.807, 2.05) is 0 Å². The number of hydrogen-bond acceptors (Lipinski definition) is 1. The molecule has 0 aliphatic heterocycles. The highest BCUT2D eigenvalue weighted by Crippen LogP contribution is 2.05. The fourth-order valence-corrected chi connectivity index (χ4v) is 1.88. The first-order valence-corrected chi connectivity index (χ1v) is 5.05. The van der Waals surface area contributed by atoms with E-state index in [-0.39, 0.29) is 0 Å². The third-order valence-corrected chi connectivity index (χ3v) is 2.73. The van der Waals surface area contributed by atoms with Crippen LogP contribution < -0.4 is 5.30 Å². The highest BCUT2D eigenvalue weighted by Gasteiger charge is 1.93. The molecule has 0 radical (unpaired) electrons. The average molecular weight is 168 g/mol. The van der Waals surface area contributed by atoms with Gasteiger partial charge in [0, 0.05) is 12.7 Å². The van der Waals surface area contributed by atoms with E-state index in [4.69, 9.17) is 11.8 Å². The smallest absolute Gasteiger partial charge is 0.0159 e. The van der Waals surface area contributed by atoms with E-state index in [0.29, 0.717) is 0 Å². The van der Waals surface area contributed by atoms with Crippen molar-refractivity contribution < 1.29 is 0 Å². The molecule has 0 amide bonds. The zero-order valence-corrected chi connectivity index (χ0v) is 7.80. The third kappa shape index (κ3) is 1.62. The standard InChI is InChI=1S/C8H9PS/c1-6-3-4-7(2)8(5-6)9-10/h3-5H,1-2H3. The summed E-state index contributed by atoms with van der Waals surface area (Å²) in [5.74, 6) is 0. The van der Waals surface area contributed by atoms with Crippen LogP contribution in [-0.4, -0.2) is 0 Å². The predicted octanol–water partition coefficient (Wildman–Crippen LogP) is 2.34. The maximum Gasteiger partial charge on any atom is 0.0159 e. The van der Waals surface area contributed by atoms with Crippen LogP contribution >= 0.6 is 7.36 Å². The second-order valence-corrected chi connectivity index (χ2v) is 3.59. The highest BCUT2D eigenvalue weighted by atomic mass is 32.4. The monoisotopic (exact) mass is 168 g/mol. The molecule has 10 heavy (non-hydrogen) atoms. The topological polar surface area (TPSA) is 0 Å². The molecule has 0 heterocycles. The van der Waals surface area contributed by atoms with Gasteiger partial charge in [-0.25, -0.2) is 0 Å². The van der Waals surface area contributed by atoms with Crippen molar-refractivity contribution >= 4 is 24.5 Å². The largest absolute Gasteiger partial charge is 0.0590 e. The first-order chi connectivity index (χ1) is 4.74. The van der Waals surface area contributed by atoms with Crippen molar-refractivity contribution in [1.29, 1.82) is 0 Å². The summed E-state index contributed by atoms with van der Waals surface area (Å²) in [6, 6.07) is 6.37. The molecule has 0 bridgehead atoms. The summed E-state index contributed by atoms with van der Waals surface area (Å²) < 4.78 is 0. The molecular weight excluding hydrogens is 159 g/mol. The number of benzene rings is 1. The third-order valence-electron chi connectivity index (χ3n) is 1.46. The minimum Gasteiger partial charge on any atom is -0.0590 e. The van der Waals surface area contributed by atoms with Crippen LogP contribution in [0.2, 0.25) is 0 Å². The molecular formula is C8H9PS. The Labute approximate surface area is 68.1 Å². The summed E-state index contributed by atoms with van der Waals surface area (Å²) in [6.45, 7) is 4.18. The SMILES string of the molecule is Cc1ccc(C)c(P=S)c1. The van der Waals surface area contributed by atoms with Gasteiger partial charge in [0.25, 0.3) is 0 Å². The van der Waals surface area contributed by atoms with Crippen LogP contribution in [0, 0.1) is 13.8 Å². The van der Waals surface area contributed by atoms with Gasteiger partial charge in [-0.3, -0.25) is 0 Å². The molecule has 0 unspecified atom stereocenters. The Morgan fingerprint density at radius 1 is 1.30 bits per heavy atom. The Kier molecular flexibility index (Phi) is 2.53. The molecule has 0 N–H and O–H groups in total. The Morgan fingerprint density at radius 2 is 2.00 bits per heavy atom. The average Bonchev–Trinajstić information content (AvgIpc) is 1.94. The molecule has 0 spiro atoms.